The predicted molar refractivity (Wildman–Crippen MR) is 106 cm³/mol. The quantitative estimate of drug-likeness (QED) is 0.368. The SMILES string of the molecule is ClCc1ncc(C(c2ccccc2)(c2ccccc2)c2ccccc2)[nH]1. The molecule has 0 aliphatic rings. The number of alkyl halides is 1. The van der Waals surface area contributed by atoms with E-state index in [2.05, 4.69) is 82.8 Å². The third-order valence-corrected chi connectivity index (χ3v) is 5.03. The molecule has 0 radical (unpaired) electrons. The van der Waals surface area contributed by atoms with Crippen molar-refractivity contribution in [3.8, 4) is 0 Å². The first kappa shape index (κ1) is 16.6. The zero-order valence-corrected chi connectivity index (χ0v) is 15.0. The van der Waals surface area contributed by atoms with E-state index in [1.165, 1.54) is 16.7 Å². The molecule has 0 aliphatic carbocycles. The predicted octanol–water partition coefficient (Wildman–Crippen LogP) is 5.53. The summed E-state index contributed by atoms with van der Waals surface area (Å²) < 4.78 is 0. The molecule has 0 fully saturated rings. The van der Waals surface area contributed by atoms with Crippen molar-refractivity contribution in [3.63, 3.8) is 0 Å². The molecule has 1 aromatic heterocycles. The number of nitrogens with zero attached hydrogens (tertiary/aromatic N) is 1. The van der Waals surface area contributed by atoms with Crippen molar-refractivity contribution in [1.82, 2.24) is 9.97 Å². The van der Waals surface area contributed by atoms with E-state index in [1.807, 2.05) is 24.4 Å². The Morgan fingerprint density at radius 2 is 1.12 bits per heavy atom. The molecule has 0 bridgehead atoms. The monoisotopic (exact) mass is 358 g/mol. The van der Waals surface area contributed by atoms with Crippen molar-refractivity contribution in [3.05, 3.63) is 125 Å². The topological polar surface area (TPSA) is 28.7 Å². The molecule has 4 aromatic rings. The molecular formula is C23H19ClN2. The molecule has 0 saturated heterocycles. The van der Waals surface area contributed by atoms with Gasteiger partial charge in [0.15, 0.2) is 0 Å². The van der Waals surface area contributed by atoms with Crippen molar-refractivity contribution in [2.45, 2.75) is 11.3 Å². The highest BCUT2D eigenvalue weighted by atomic mass is 35.5. The summed E-state index contributed by atoms with van der Waals surface area (Å²) in [5, 5.41) is 0. The van der Waals surface area contributed by atoms with Crippen molar-refractivity contribution < 1.29 is 0 Å². The molecular weight excluding hydrogens is 340 g/mol. The summed E-state index contributed by atoms with van der Waals surface area (Å²) >= 11 is 6.03. The van der Waals surface area contributed by atoms with Crippen LogP contribution in [0.15, 0.2) is 97.2 Å². The molecule has 3 aromatic carbocycles. The number of nitrogens with one attached hydrogen (secondary N) is 1. The summed E-state index contributed by atoms with van der Waals surface area (Å²) in [5.41, 5.74) is 4.07. The van der Waals surface area contributed by atoms with Crippen LogP contribution >= 0.6 is 11.6 Å². The first-order chi connectivity index (χ1) is 12.9. The number of halogens is 1. The summed E-state index contributed by atoms with van der Waals surface area (Å²) in [7, 11) is 0. The molecule has 26 heavy (non-hydrogen) atoms. The van der Waals surface area contributed by atoms with Gasteiger partial charge in [-0.1, -0.05) is 91.0 Å². The smallest absolute Gasteiger partial charge is 0.121 e. The molecule has 0 saturated carbocycles. The second kappa shape index (κ2) is 7.19. The lowest BCUT2D eigenvalue weighted by atomic mass is 9.67. The molecule has 1 N–H and O–H groups in total. The van der Waals surface area contributed by atoms with Crippen molar-refractivity contribution in [1.29, 1.82) is 0 Å². The number of aromatic nitrogens is 2. The van der Waals surface area contributed by atoms with Gasteiger partial charge in [-0.15, -0.1) is 11.6 Å². The Bertz CT molecular complexity index is 866. The summed E-state index contributed by atoms with van der Waals surface area (Å²) in [6.07, 6.45) is 1.91. The fourth-order valence-corrected chi connectivity index (χ4v) is 3.79. The third kappa shape index (κ3) is 2.73. The van der Waals surface area contributed by atoms with Gasteiger partial charge >= 0.3 is 0 Å². The minimum absolute atomic E-state index is 0.356. The van der Waals surface area contributed by atoms with Crippen LogP contribution in [0.1, 0.15) is 28.2 Å². The molecule has 1 heterocycles. The summed E-state index contributed by atoms with van der Waals surface area (Å²) in [4.78, 5) is 7.95. The Labute approximate surface area is 158 Å². The number of hydrogen-bond donors (Lipinski definition) is 1. The van der Waals surface area contributed by atoms with Crippen LogP contribution in [0.2, 0.25) is 0 Å². The van der Waals surface area contributed by atoms with Crippen LogP contribution in [-0.2, 0) is 11.3 Å². The Morgan fingerprint density at radius 1 is 0.692 bits per heavy atom. The second-order valence-electron chi connectivity index (χ2n) is 6.23. The van der Waals surface area contributed by atoms with E-state index in [1.54, 1.807) is 0 Å². The Hall–Kier alpha value is -2.84. The number of imidazole rings is 1. The minimum Gasteiger partial charge on any atom is -0.344 e. The normalized spacial score (nSPS) is 11.4. The molecule has 0 atom stereocenters. The van der Waals surface area contributed by atoms with E-state index in [-0.39, 0.29) is 0 Å². The molecule has 0 spiro atoms. The summed E-state index contributed by atoms with van der Waals surface area (Å²) in [6, 6.07) is 31.6. The van der Waals surface area contributed by atoms with Crippen LogP contribution in [0.3, 0.4) is 0 Å². The highest BCUT2D eigenvalue weighted by Gasteiger charge is 2.39. The number of aromatic amines is 1. The van der Waals surface area contributed by atoms with Gasteiger partial charge in [-0.05, 0) is 16.7 Å². The van der Waals surface area contributed by atoms with Gasteiger partial charge in [0.2, 0.25) is 0 Å². The van der Waals surface area contributed by atoms with Crippen molar-refractivity contribution in [2.75, 3.05) is 0 Å². The molecule has 0 amide bonds. The van der Waals surface area contributed by atoms with E-state index in [4.69, 9.17) is 11.6 Å². The lowest BCUT2D eigenvalue weighted by Crippen LogP contribution is -2.31. The number of H-pyrrole nitrogens is 1. The summed E-state index contributed by atoms with van der Waals surface area (Å²) in [5.74, 6) is 1.13. The number of rotatable bonds is 5. The van der Waals surface area contributed by atoms with Gasteiger partial charge in [-0.2, -0.15) is 0 Å². The van der Waals surface area contributed by atoms with E-state index >= 15 is 0 Å². The van der Waals surface area contributed by atoms with Gasteiger partial charge in [0.25, 0.3) is 0 Å². The molecule has 3 heteroatoms. The minimum atomic E-state index is -0.485. The maximum atomic E-state index is 6.03. The van der Waals surface area contributed by atoms with Gasteiger partial charge in [-0.25, -0.2) is 4.98 Å². The first-order valence-electron chi connectivity index (χ1n) is 8.62. The van der Waals surface area contributed by atoms with E-state index in [0.717, 1.165) is 11.5 Å². The number of benzene rings is 3. The lowest BCUT2D eigenvalue weighted by molar-refractivity contribution is 0.718. The van der Waals surface area contributed by atoms with Crippen LogP contribution < -0.4 is 0 Å². The molecule has 0 unspecified atom stereocenters. The molecule has 128 valence electrons. The van der Waals surface area contributed by atoms with Crippen LogP contribution in [0.25, 0.3) is 0 Å². The second-order valence-corrected chi connectivity index (χ2v) is 6.49. The van der Waals surface area contributed by atoms with Gasteiger partial charge < -0.3 is 4.98 Å². The average molecular weight is 359 g/mol. The maximum absolute atomic E-state index is 6.03. The Morgan fingerprint density at radius 3 is 1.46 bits per heavy atom. The van der Waals surface area contributed by atoms with Gasteiger partial charge in [-0.3, -0.25) is 0 Å². The highest BCUT2D eigenvalue weighted by molar-refractivity contribution is 6.16. The molecule has 2 nitrogen and oxygen atoms in total. The van der Waals surface area contributed by atoms with Gasteiger partial charge in [0.1, 0.15) is 5.82 Å². The van der Waals surface area contributed by atoms with Gasteiger partial charge in [0, 0.05) is 6.20 Å². The van der Waals surface area contributed by atoms with Crippen LogP contribution in [0.5, 0.6) is 0 Å². The summed E-state index contributed by atoms with van der Waals surface area (Å²) in [6.45, 7) is 0. The van der Waals surface area contributed by atoms with Gasteiger partial charge in [0.05, 0.1) is 17.0 Å². The zero-order valence-electron chi connectivity index (χ0n) is 14.3. The lowest BCUT2D eigenvalue weighted by Gasteiger charge is -2.35. The molecule has 0 aliphatic heterocycles. The zero-order chi connectivity index (χ0) is 17.8. The largest absolute Gasteiger partial charge is 0.344 e. The number of hydrogen-bond acceptors (Lipinski definition) is 1. The van der Waals surface area contributed by atoms with E-state index in [9.17, 15) is 0 Å². The average Bonchev–Trinajstić information content (AvgIpc) is 3.21. The highest BCUT2D eigenvalue weighted by Crippen LogP contribution is 2.44. The first-order valence-corrected chi connectivity index (χ1v) is 9.16. The molecule has 4 rings (SSSR count). The van der Waals surface area contributed by atoms with E-state index < -0.39 is 5.41 Å². The standard InChI is InChI=1S/C23H19ClN2/c24-16-22-25-17-21(26-22)23(18-10-4-1-5-11-18,19-12-6-2-7-13-19)20-14-8-3-9-15-20/h1-15,17H,16H2,(H,25,26). The maximum Gasteiger partial charge on any atom is 0.121 e. The third-order valence-electron chi connectivity index (χ3n) is 4.78. The van der Waals surface area contributed by atoms with E-state index in [0.29, 0.717) is 5.88 Å². The van der Waals surface area contributed by atoms with Crippen LogP contribution in [0, 0.1) is 0 Å². The fourth-order valence-electron chi connectivity index (χ4n) is 3.65. The Balaban J connectivity index is 2.10. The Kier molecular flexibility index (Phi) is 4.59. The van der Waals surface area contributed by atoms with Crippen molar-refractivity contribution in [2.24, 2.45) is 0 Å². The van der Waals surface area contributed by atoms with Crippen molar-refractivity contribution >= 4 is 11.6 Å². The fraction of sp³-hybridized carbons (Fsp3) is 0.0870. The van der Waals surface area contributed by atoms with Crippen LogP contribution in [-0.4, -0.2) is 9.97 Å². The van der Waals surface area contributed by atoms with Crippen LogP contribution in [0.4, 0.5) is 0 Å².